The Balaban J connectivity index is 1.44. The fourth-order valence-corrected chi connectivity index (χ4v) is 3.19. The quantitative estimate of drug-likeness (QED) is 0.690. The zero-order valence-corrected chi connectivity index (χ0v) is 13.3. The molecule has 2 aliphatic heterocycles. The third-order valence-corrected chi connectivity index (χ3v) is 4.73. The maximum Gasteiger partial charge on any atom is 0.0809 e. The Hall–Kier alpha value is -0.160. The average molecular weight is 284 g/mol. The topological polar surface area (TPSA) is 33.7 Å². The standard InChI is InChI=1S/C16H32N2O2/c1-14(15-6-9-18(2)10-7-15)17-8-4-11-19-13-16-5-3-12-20-16/h14-17H,3-13H2,1-2H3. The average Bonchev–Trinajstić information content (AvgIpc) is 2.96. The van der Waals surface area contributed by atoms with Gasteiger partial charge in [-0.1, -0.05) is 0 Å². The number of hydrogen-bond acceptors (Lipinski definition) is 4. The van der Waals surface area contributed by atoms with Gasteiger partial charge in [0.25, 0.3) is 0 Å². The molecule has 2 atom stereocenters. The first-order chi connectivity index (χ1) is 9.75. The van der Waals surface area contributed by atoms with E-state index in [0.29, 0.717) is 12.1 Å². The zero-order valence-electron chi connectivity index (χ0n) is 13.3. The second-order valence-corrected chi connectivity index (χ2v) is 6.45. The lowest BCUT2D eigenvalue weighted by molar-refractivity contribution is 0.0164. The van der Waals surface area contributed by atoms with Gasteiger partial charge >= 0.3 is 0 Å². The lowest BCUT2D eigenvalue weighted by Crippen LogP contribution is -2.41. The van der Waals surface area contributed by atoms with Crippen LogP contribution in [0.4, 0.5) is 0 Å². The summed E-state index contributed by atoms with van der Waals surface area (Å²) in [6.45, 7) is 8.46. The van der Waals surface area contributed by atoms with Gasteiger partial charge in [0, 0.05) is 19.3 Å². The van der Waals surface area contributed by atoms with Gasteiger partial charge in [-0.15, -0.1) is 0 Å². The first kappa shape index (κ1) is 16.2. The van der Waals surface area contributed by atoms with Crippen molar-refractivity contribution in [2.24, 2.45) is 5.92 Å². The van der Waals surface area contributed by atoms with Crippen molar-refractivity contribution in [3.63, 3.8) is 0 Å². The van der Waals surface area contributed by atoms with Crippen LogP contribution in [0.5, 0.6) is 0 Å². The predicted octanol–water partition coefficient (Wildman–Crippen LogP) is 1.89. The molecule has 2 fully saturated rings. The fraction of sp³-hybridized carbons (Fsp3) is 1.00. The summed E-state index contributed by atoms with van der Waals surface area (Å²) in [7, 11) is 2.22. The van der Waals surface area contributed by atoms with Crippen LogP contribution in [0.1, 0.15) is 39.0 Å². The largest absolute Gasteiger partial charge is 0.379 e. The molecule has 0 aromatic heterocycles. The summed E-state index contributed by atoms with van der Waals surface area (Å²) in [6.07, 6.45) is 6.50. The molecule has 2 unspecified atom stereocenters. The first-order valence-electron chi connectivity index (χ1n) is 8.37. The Morgan fingerprint density at radius 3 is 2.80 bits per heavy atom. The molecule has 0 bridgehead atoms. The van der Waals surface area contributed by atoms with Crippen molar-refractivity contribution < 1.29 is 9.47 Å². The van der Waals surface area contributed by atoms with Gasteiger partial charge in [-0.05, 0) is 71.6 Å². The smallest absolute Gasteiger partial charge is 0.0809 e. The molecule has 0 amide bonds. The van der Waals surface area contributed by atoms with Crippen molar-refractivity contribution in [1.82, 2.24) is 10.2 Å². The van der Waals surface area contributed by atoms with Crippen molar-refractivity contribution in [3.05, 3.63) is 0 Å². The van der Waals surface area contributed by atoms with Crippen LogP contribution in [-0.4, -0.2) is 63.5 Å². The van der Waals surface area contributed by atoms with E-state index in [9.17, 15) is 0 Å². The van der Waals surface area contributed by atoms with Crippen molar-refractivity contribution in [1.29, 1.82) is 0 Å². The zero-order chi connectivity index (χ0) is 14.2. The van der Waals surface area contributed by atoms with E-state index in [1.165, 1.54) is 38.8 Å². The van der Waals surface area contributed by atoms with Crippen LogP contribution in [0.25, 0.3) is 0 Å². The molecular formula is C16H32N2O2. The molecule has 1 N–H and O–H groups in total. The first-order valence-corrected chi connectivity index (χ1v) is 8.37. The summed E-state index contributed by atoms with van der Waals surface area (Å²) in [6, 6.07) is 0.641. The van der Waals surface area contributed by atoms with Crippen molar-refractivity contribution in [2.45, 2.75) is 51.2 Å². The van der Waals surface area contributed by atoms with Crippen LogP contribution in [0.15, 0.2) is 0 Å². The second-order valence-electron chi connectivity index (χ2n) is 6.45. The highest BCUT2D eigenvalue weighted by Crippen LogP contribution is 2.19. The number of rotatable bonds is 8. The summed E-state index contributed by atoms with van der Waals surface area (Å²) < 4.78 is 11.2. The van der Waals surface area contributed by atoms with Crippen LogP contribution in [-0.2, 0) is 9.47 Å². The summed E-state index contributed by atoms with van der Waals surface area (Å²) >= 11 is 0. The van der Waals surface area contributed by atoms with E-state index in [-0.39, 0.29) is 0 Å². The van der Waals surface area contributed by atoms with Gasteiger partial charge in [-0.3, -0.25) is 0 Å². The number of ether oxygens (including phenoxy) is 2. The number of likely N-dealkylation sites (tertiary alicyclic amines) is 1. The van der Waals surface area contributed by atoms with Gasteiger partial charge in [-0.25, -0.2) is 0 Å². The van der Waals surface area contributed by atoms with Crippen molar-refractivity contribution >= 4 is 0 Å². The van der Waals surface area contributed by atoms with Gasteiger partial charge in [0.2, 0.25) is 0 Å². The highest BCUT2D eigenvalue weighted by molar-refractivity contribution is 4.78. The SMILES string of the molecule is CC(NCCCOCC1CCCO1)C1CCN(C)CC1. The third-order valence-electron chi connectivity index (χ3n) is 4.73. The van der Waals surface area contributed by atoms with Crippen LogP contribution in [0.2, 0.25) is 0 Å². The molecule has 118 valence electrons. The molecular weight excluding hydrogens is 252 g/mol. The third kappa shape index (κ3) is 5.68. The van der Waals surface area contributed by atoms with E-state index in [1.807, 2.05) is 0 Å². The Morgan fingerprint density at radius 1 is 1.30 bits per heavy atom. The van der Waals surface area contributed by atoms with E-state index in [0.717, 1.165) is 38.7 Å². The molecule has 0 saturated carbocycles. The van der Waals surface area contributed by atoms with Gasteiger partial charge in [-0.2, -0.15) is 0 Å². The van der Waals surface area contributed by atoms with E-state index in [2.05, 4.69) is 24.2 Å². The maximum absolute atomic E-state index is 5.69. The minimum absolute atomic E-state index is 0.362. The molecule has 0 spiro atoms. The van der Waals surface area contributed by atoms with Crippen LogP contribution < -0.4 is 5.32 Å². The normalized spacial score (nSPS) is 27.0. The highest BCUT2D eigenvalue weighted by atomic mass is 16.5. The molecule has 2 aliphatic rings. The van der Waals surface area contributed by atoms with Crippen LogP contribution >= 0.6 is 0 Å². The van der Waals surface area contributed by atoms with Gasteiger partial charge in [0.15, 0.2) is 0 Å². The van der Waals surface area contributed by atoms with Crippen molar-refractivity contribution in [3.8, 4) is 0 Å². The minimum Gasteiger partial charge on any atom is -0.379 e. The van der Waals surface area contributed by atoms with Crippen LogP contribution in [0.3, 0.4) is 0 Å². The number of piperidine rings is 1. The number of hydrogen-bond donors (Lipinski definition) is 1. The van der Waals surface area contributed by atoms with E-state index >= 15 is 0 Å². The lowest BCUT2D eigenvalue weighted by Gasteiger charge is -2.33. The van der Waals surface area contributed by atoms with Crippen LogP contribution in [0, 0.1) is 5.92 Å². The summed E-state index contributed by atoms with van der Waals surface area (Å²) in [5, 5.41) is 3.67. The second kappa shape index (κ2) is 8.98. The van der Waals surface area contributed by atoms with E-state index < -0.39 is 0 Å². The Bertz CT molecular complexity index is 249. The molecule has 2 saturated heterocycles. The molecule has 0 radical (unpaired) electrons. The van der Waals surface area contributed by atoms with Crippen molar-refractivity contribution in [2.75, 3.05) is 46.5 Å². The summed E-state index contributed by atoms with van der Waals surface area (Å²) in [4.78, 5) is 2.43. The van der Waals surface area contributed by atoms with E-state index in [1.54, 1.807) is 0 Å². The maximum atomic E-state index is 5.69. The molecule has 20 heavy (non-hydrogen) atoms. The predicted molar refractivity (Wildman–Crippen MR) is 82.1 cm³/mol. The lowest BCUT2D eigenvalue weighted by atomic mass is 9.90. The molecule has 4 heteroatoms. The minimum atomic E-state index is 0.362. The summed E-state index contributed by atoms with van der Waals surface area (Å²) in [5.41, 5.74) is 0. The molecule has 0 aromatic carbocycles. The monoisotopic (exact) mass is 284 g/mol. The number of nitrogens with zero attached hydrogens (tertiary/aromatic N) is 1. The fourth-order valence-electron chi connectivity index (χ4n) is 3.19. The molecule has 2 rings (SSSR count). The number of nitrogens with one attached hydrogen (secondary N) is 1. The van der Waals surface area contributed by atoms with Gasteiger partial charge in [0.05, 0.1) is 12.7 Å². The van der Waals surface area contributed by atoms with Gasteiger partial charge < -0.3 is 19.7 Å². The van der Waals surface area contributed by atoms with E-state index in [4.69, 9.17) is 9.47 Å². The Morgan fingerprint density at radius 2 is 2.10 bits per heavy atom. The Kier molecular flexibility index (Phi) is 7.28. The summed E-state index contributed by atoms with van der Waals surface area (Å²) in [5.74, 6) is 0.846. The molecule has 4 nitrogen and oxygen atoms in total. The molecule has 2 heterocycles. The highest BCUT2D eigenvalue weighted by Gasteiger charge is 2.21. The Labute approximate surface area is 124 Å². The van der Waals surface area contributed by atoms with Gasteiger partial charge in [0.1, 0.15) is 0 Å². The molecule has 0 aliphatic carbocycles. The molecule has 0 aromatic rings.